The summed E-state index contributed by atoms with van der Waals surface area (Å²) in [5.41, 5.74) is 9.53. The molecule has 18 heavy (non-hydrogen) atoms. The summed E-state index contributed by atoms with van der Waals surface area (Å²) >= 11 is 0. The second-order valence-corrected chi connectivity index (χ2v) is 5.17. The van der Waals surface area contributed by atoms with Gasteiger partial charge >= 0.3 is 0 Å². The molecule has 1 heterocycles. The molecule has 1 aromatic carbocycles. The van der Waals surface area contributed by atoms with Gasteiger partial charge in [-0.05, 0) is 43.5 Å². The van der Waals surface area contributed by atoms with Crippen LogP contribution in [0.3, 0.4) is 0 Å². The minimum absolute atomic E-state index is 0.308. The molecule has 0 spiro atoms. The third-order valence-corrected chi connectivity index (χ3v) is 3.82. The van der Waals surface area contributed by atoms with Crippen molar-refractivity contribution < 1.29 is 4.74 Å². The predicted molar refractivity (Wildman–Crippen MR) is 75.9 cm³/mol. The Morgan fingerprint density at radius 1 is 1.44 bits per heavy atom. The highest BCUT2D eigenvalue weighted by Gasteiger charge is 2.25. The van der Waals surface area contributed by atoms with Crippen LogP contribution in [0, 0.1) is 6.92 Å². The summed E-state index contributed by atoms with van der Waals surface area (Å²) < 4.78 is 5.75. The van der Waals surface area contributed by atoms with Gasteiger partial charge in [0.1, 0.15) is 0 Å². The molecule has 0 aliphatic carbocycles. The molecule has 0 radical (unpaired) electrons. The first-order valence-corrected chi connectivity index (χ1v) is 6.83. The second kappa shape index (κ2) is 5.72. The Kier molecular flexibility index (Phi) is 4.25. The minimum Gasteiger partial charge on any atom is -0.375 e. The number of ether oxygens (including phenoxy) is 1. The van der Waals surface area contributed by atoms with Crippen molar-refractivity contribution in [2.75, 3.05) is 18.1 Å². The first-order valence-electron chi connectivity index (χ1n) is 6.83. The molecular formula is C15H24N2O. The monoisotopic (exact) mass is 248 g/mol. The van der Waals surface area contributed by atoms with Gasteiger partial charge in [0.2, 0.25) is 0 Å². The number of aryl methyl sites for hydroxylation is 1. The summed E-state index contributed by atoms with van der Waals surface area (Å²) in [6, 6.07) is 7.08. The molecule has 0 aromatic heterocycles. The Labute approximate surface area is 110 Å². The fourth-order valence-electron chi connectivity index (χ4n) is 2.59. The first kappa shape index (κ1) is 13.4. The van der Waals surface area contributed by atoms with Gasteiger partial charge in [0.15, 0.2) is 0 Å². The first-order chi connectivity index (χ1) is 8.65. The maximum atomic E-state index is 5.75. The van der Waals surface area contributed by atoms with Gasteiger partial charge in [-0.3, -0.25) is 0 Å². The van der Waals surface area contributed by atoms with Crippen molar-refractivity contribution in [1.82, 2.24) is 0 Å². The molecule has 3 nitrogen and oxygen atoms in total. The van der Waals surface area contributed by atoms with E-state index in [9.17, 15) is 0 Å². The van der Waals surface area contributed by atoms with Crippen LogP contribution >= 0.6 is 0 Å². The van der Waals surface area contributed by atoms with E-state index in [0.717, 1.165) is 19.6 Å². The topological polar surface area (TPSA) is 38.5 Å². The highest BCUT2D eigenvalue weighted by atomic mass is 16.5. The molecule has 2 unspecified atom stereocenters. The number of nitrogens with zero attached hydrogens (tertiary/aromatic N) is 1. The molecular weight excluding hydrogens is 224 g/mol. The number of nitrogens with two attached hydrogens (primary N) is 1. The molecule has 3 heteroatoms. The van der Waals surface area contributed by atoms with Gasteiger partial charge in [0.05, 0.1) is 18.8 Å². The van der Waals surface area contributed by atoms with Crippen molar-refractivity contribution in [2.45, 2.75) is 45.9 Å². The highest BCUT2D eigenvalue weighted by molar-refractivity contribution is 5.52. The molecule has 100 valence electrons. The summed E-state index contributed by atoms with van der Waals surface area (Å²) in [5, 5.41) is 0. The van der Waals surface area contributed by atoms with Gasteiger partial charge in [0, 0.05) is 18.8 Å². The number of anilines is 1. The minimum atomic E-state index is 0.308. The number of rotatable bonds is 3. The van der Waals surface area contributed by atoms with Crippen LogP contribution in [0.2, 0.25) is 0 Å². The van der Waals surface area contributed by atoms with Crippen LogP contribution < -0.4 is 10.6 Å². The van der Waals surface area contributed by atoms with Crippen molar-refractivity contribution >= 4 is 5.69 Å². The van der Waals surface area contributed by atoms with Crippen LogP contribution in [0.25, 0.3) is 0 Å². The lowest BCUT2D eigenvalue weighted by molar-refractivity contribution is 0.0299. The number of morpholine rings is 1. The van der Waals surface area contributed by atoms with Crippen LogP contribution in [0.1, 0.15) is 31.4 Å². The molecule has 0 bridgehead atoms. The standard InChI is InChI=1S/C15H24N2O/c1-4-14-10-18-12(3)9-17(14)15-6-5-13(8-16)11(2)7-15/h5-7,12,14H,4,8-10,16H2,1-3H3. The average molecular weight is 248 g/mol. The molecule has 0 amide bonds. The zero-order valence-corrected chi connectivity index (χ0v) is 11.6. The summed E-state index contributed by atoms with van der Waals surface area (Å²) in [7, 11) is 0. The lowest BCUT2D eigenvalue weighted by Crippen LogP contribution is -2.48. The van der Waals surface area contributed by atoms with Gasteiger partial charge in [-0.2, -0.15) is 0 Å². The molecule has 1 aliphatic heterocycles. The summed E-state index contributed by atoms with van der Waals surface area (Å²) in [6.07, 6.45) is 1.42. The fourth-order valence-corrected chi connectivity index (χ4v) is 2.59. The third kappa shape index (κ3) is 2.68. The van der Waals surface area contributed by atoms with Gasteiger partial charge in [-0.15, -0.1) is 0 Å². The van der Waals surface area contributed by atoms with Gasteiger partial charge in [0.25, 0.3) is 0 Å². The van der Waals surface area contributed by atoms with Crippen molar-refractivity contribution in [3.63, 3.8) is 0 Å². The number of benzene rings is 1. The van der Waals surface area contributed by atoms with Gasteiger partial charge in [-0.25, -0.2) is 0 Å². The van der Waals surface area contributed by atoms with E-state index >= 15 is 0 Å². The van der Waals surface area contributed by atoms with E-state index in [-0.39, 0.29) is 0 Å². The van der Waals surface area contributed by atoms with E-state index in [4.69, 9.17) is 10.5 Å². The fraction of sp³-hybridized carbons (Fsp3) is 0.600. The normalized spacial score (nSPS) is 24.3. The smallest absolute Gasteiger partial charge is 0.0723 e. The van der Waals surface area contributed by atoms with E-state index < -0.39 is 0 Å². The molecule has 1 fully saturated rings. The molecule has 1 saturated heterocycles. The number of hydrogen-bond donors (Lipinski definition) is 1. The largest absolute Gasteiger partial charge is 0.375 e. The molecule has 0 saturated carbocycles. The van der Waals surface area contributed by atoms with Gasteiger partial charge in [-0.1, -0.05) is 13.0 Å². The summed E-state index contributed by atoms with van der Waals surface area (Å²) in [5.74, 6) is 0. The van der Waals surface area contributed by atoms with Crippen LogP contribution in [0.4, 0.5) is 5.69 Å². The van der Waals surface area contributed by atoms with Crippen molar-refractivity contribution in [3.05, 3.63) is 29.3 Å². The molecule has 2 rings (SSSR count). The molecule has 2 N–H and O–H groups in total. The van der Waals surface area contributed by atoms with Crippen molar-refractivity contribution in [2.24, 2.45) is 5.73 Å². The van der Waals surface area contributed by atoms with E-state index in [0.29, 0.717) is 18.7 Å². The van der Waals surface area contributed by atoms with E-state index in [1.54, 1.807) is 0 Å². The Balaban J connectivity index is 2.25. The van der Waals surface area contributed by atoms with Crippen LogP contribution in [-0.2, 0) is 11.3 Å². The van der Waals surface area contributed by atoms with Crippen molar-refractivity contribution in [3.8, 4) is 0 Å². The molecule has 2 atom stereocenters. The Morgan fingerprint density at radius 2 is 2.22 bits per heavy atom. The Morgan fingerprint density at radius 3 is 2.83 bits per heavy atom. The average Bonchev–Trinajstić information content (AvgIpc) is 2.38. The lowest BCUT2D eigenvalue weighted by atomic mass is 10.0. The van der Waals surface area contributed by atoms with Crippen LogP contribution in [0.5, 0.6) is 0 Å². The predicted octanol–water partition coefficient (Wildman–Crippen LogP) is 2.46. The molecule has 1 aliphatic rings. The SMILES string of the molecule is CCC1COC(C)CN1c1ccc(CN)c(C)c1. The van der Waals surface area contributed by atoms with E-state index in [1.165, 1.54) is 16.8 Å². The van der Waals surface area contributed by atoms with Crippen LogP contribution in [-0.4, -0.2) is 25.3 Å². The van der Waals surface area contributed by atoms with Gasteiger partial charge < -0.3 is 15.4 Å². The zero-order valence-electron chi connectivity index (χ0n) is 11.6. The Hall–Kier alpha value is -1.06. The van der Waals surface area contributed by atoms with Crippen molar-refractivity contribution in [1.29, 1.82) is 0 Å². The zero-order chi connectivity index (χ0) is 13.1. The quantitative estimate of drug-likeness (QED) is 0.893. The van der Waals surface area contributed by atoms with E-state index in [2.05, 4.69) is 43.9 Å². The van der Waals surface area contributed by atoms with Crippen LogP contribution in [0.15, 0.2) is 18.2 Å². The highest BCUT2D eigenvalue weighted by Crippen LogP contribution is 2.25. The summed E-state index contributed by atoms with van der Waals surface area (Å²) in [6.45, 7) is 8.91. The summed E-state index contributed by atoms with van der Waals surface area (Å²) in [4.78, 5) is 2.47. The maximum absolute atomic E-state index is 5.75. The Bertz CT molecular complexity index is 405. The second-order valence-electron chi connectivity index (χ2n) is 5.17. The number of hydrogen-bond acceptors (Lipinski definition) is 3. The van der Waals surface area contributed by atoms with E-state index in [1.807, 2.05) is 0 Å². The molecule has 1 aromatic rings. The maximum Gasteiger partial charge on any atom is 0.0723 e. The lowest BCUT2D eigenvalue weighted by Gasteiger charge is -2.40. The third-order valence-electron chi connectivity index (χ3n) is 3.82.